The van der Waals surface area contributed by atoms with Crippen molar-refractivity contribution < 1.29 is 18.8 Å². The van der Waals surface area contributed by atoms with Crippen molar-refractivity contribution in [2.75, 3.05) is 7.11 Å². The van der Waals surface area contributed by atoms with E-state index in [1.807, 2.05) is 0 Å². The zero-order valence-electron chi connectivity index (χ0n) is 13.0. The molecule has 0 aliphatic rings. The van der Waals surface area contributed by atoms with Crippen molar-refractivity contribution in [2.45, 2.75) is 16.9 Å². The van der Waals surface area contributed by atoms with E-state index in [0.29, 0.717) is 16.7 Å². The normalized spacial score (nSPS) is 10.4. The molecule has 25 heavy (non-hydrogen) atoms. The van der Waals surface area contributed by atoms with E-state index in [4.69, 9.17) is 13.9 Å². The predicted octanol–water partition coefficient (Wildman–Crippen LogP) is 3.11. The summed E-state index contributed by atoms with van der Waals surface area (Å²) in [6, 6.07) is 9.98. The van der Waals surface area contributed by atoms with Crippen LogP contribution in [0.1, 0.15) is 5.89 Å². The number of rotatable bonds is 7. The lowest BCUT2D eigenvalue weighted by Gasteiger charge is -2.04. The summed E-state index contributed by atoms with van der Waals surface area (Å²) in [5.41, 5.74) is -0.0801. The fourth-order valence-corrected chi connectivity index (χ4v) is 2.43. The quantitative estimate of drug-likeness (QED) is 0.463. The molecule has 0 fully saturated rings. The molecule has 0 aliphatic heterocycles. The van der Waals surface area contributed by atoms with Gasteiger partial charge >= 0.3 is 0 Å². The van der Waals surface area contributed by atoms with Crippen molar-refractivity contribution in [1.29, 1.82) is 0 Å². The standard InChI is InChI=1S/C15H12N4O5S/c1-22-11-3-5-12(6-4-11)23-9-13-17-18-15(24-13)25-14-7-2-10(8-16-14)19(20)21/h2-8H,9H2,1H3. The minimum absolute atomic E-state index is 0.0801. The third kappa shape index (κ3) is 4.44. The number of methoxy groups -OCH3 is 1. The van der Waals surface area contributed by atoms with Gasteiger partial charge in [-0.15, -0.1) is 10.2 Å². The van der Waals surface area contributed by atoms with Gasteiger partial charge in [-0.05, 0) is 42.1 Å². The number of nitro groups is 1. The van der Waals surface area contributed by atoms with E-state index in [0.717, 1.165) is 17.5 Å². The number of nitrogens with zero attached hydrogens (tertiary/aromatic N) is 4. The van der Waals surface area contributed by atoms with Crippen molar-refractivity contribution in [2.24, 2.45) is 0 Å². The number of aromatic nitrogens is 3. The Morgan fingerprint density at radius 2 is 1.92 bits per heavy atom. The largest absolute Gasteiger partial charge is 0.497 e. The lowest BCUT2D eigenvalue weighted by Crippen LogP contribution is -1.95. The summed E-state index contributed by atoms with van der Waals surface area (Å²) in [4.78, 5) is 14.0. The Labute approximate surface area is 146 Å². The molecule has 0 unspecified atom stereocenters. The smallest absolute Gasteiger partial charge is 0.287 e. The van der Waals surface area contributed by atoms with Gasteiger partial charge in [-0.2, -0.15) is 0 Å². The molecule has 9 nitrogen and oxygen atoms in total. The van der Waals surface area contributed by atoms with Crippen LogP contribution >= 0.6 is 11.8 Å². The van der Waals surface area contributed by atoms with Gasteiger partial charge in [-0.3, -0.25) is 10.1 Å². The van der Waals surface area contributed by atoms with E-state index >= 15 is 0 Å². The average molecular weight is 360 g/mol. The first-order valence-electron chi connectivity index (χ1n) is 7.01. The van der Waals surface area contributed by atoms with Crippen LogP contribution in [0.4, 0.5) is 5.69 Å². The van der Waals surface area contributed by atoms with Gasteiger partial charge in [0, 0.05) is 6.07 Å². The van der Waals surface area contributed by atoms with Crippen molar-refractivity contribution >= 4 is 17.4 Å². The SMILES string of the molecule is COc1ccc(OCc2nnc(Sc3ccc([N+](=O)[O-])cn3)o2)cc1. The summed E-state index contributed by atoms with van der Waals surface area (Å²) in [5.74, 6) is 1.69. The Balaban J connectivity index is 1.57. The number of benzene rings is 1. The Kier molecular flexibility index (Phi) is 5.09. The number of pyridine rings is 1. The predicted molar refractivity (Wildman–Crippen MR) is 86.6 cm³/mol. The zero-order chi connectivity index (χ0) is 17.6. The molecule has 0 saturated heterocycles. The minimum Gasteiger partial charge on any atom is -0.497 e. The summed E-state index contributed by atoms with van der Waals surface area (Å²) in [7, 11) is 1.59. The molecule has 0 atom stereocenters. The molecule has 3 rings (SSSR count). The molecule has 2 aromatic heterocycles. The monoisotopic (exact) mass is 360 g/mol. The fourth-order valence-electron chi connectivity index (χ4n) is 1.79. The fraction of sp³-hybridized carbons (Fsp3) is 0.133. The van der Waals surface area contributed by atoms with Crippen molar-refractivity contribution in [3.8, 4) is 11.5 Å². The van der Waals surface area contributed by atoms with E-state index in [9.17, 15) is 10.1 Å². The molecule has 0 aliphatic carbocycles. The minimum atomic E-state index is -0.511. The van der Waals surface area contributed by atoms with Crippen LogP contribution in [0.15, 0.2) is 57.3 Å². The van der Waals surface area contributed by atoms with Crippen molar-refractivity contribution in [3.05, 3.63) is 58.6 Å². The Bertz CT molecular complexity index is 851. The van der Waals surface area contributed by atoms with Crippen LogP contribution in [0, 0.1) is 10.1 Å². The van der Waals surface area contributed by atoms with E-state index in [-0.39, 0.29) is 17.5 Å². The van der Waals surface area contributed by atoms with Gasteiger partial charge in [-0.25, -0.2) is 4.98 Å². The van der Waals surface area contributed by atoms with E-state index in [2.05, 4.69) is 15.2 Å². The van der Waals surface area contributed by atoms with Crippen molar-refractivity contribution in [1.82, 2.24) is 15.2 Å². The number of ether oxygens (including phenoxy) is 2. The van der Waals surface area contributed by atoms with Gasteiger partial charge in [0.2, 0.25) is 0 Å². The number of hydrogen-bond donors (Lipinski definition) is 0. The number of hydrogen-bond acceptors (Lipinski definition) is 9. The van der Waals surface area contributed by atoms with Crippen LogP contribution in [0.25, 0.3) is 0 Å². The second-order valence-corrected chi connectivity index (χ2v) is 5.61. The van der Waals surface area contributed by atoms with Gasteiger partial charge < -0.3 is 13.9 Å². The molecule has 0 bridgehead atoms. The second kappa shape index (κ2) is 7.62. The van der Waals surface area contributed by atoms with Gasteiger partial charge in [0.25, 0.3) is 16.8 Å². The average Bonchev–Trinajstić information content (AvgIpc) is 3.08. The molecular weight excluding hydrogens is 348 g/mol. The van der Waals surface area contributed by atoms with Crippen LogP contribution in [0.3, 0.4) is 0 Å². The molecule has 0 saturated carbocycles. The van der Waals surface area contributed by atoms with Crippen LogP contribution in [-0.2, 0) is 6.61 Å². The van der Waals surface area contributed by atoms with Gasteiger partial charge in [-0.1, -0.05) is 0 Å². The molecule has 128 valence electrons. The van der Waals surface area contributed by atoms with Gasteiger partial charge in [0.05, 0.1) is 12.0 Å². The third-order valence-electron chi connectivity index (χ3n) is 2.99. The molecule has 0 N–H and O–H groups in total. The van der Waals surface area contributed by atoms with E-state index < -0.39 is 4.92 Å². The highest BCUT2D eigenvalue weighted by atomic mass is 32.2. The zero-order valence-corrected chi connectivity index (χ0v) is 13.8. The maximum Gasteiger partial charge on any atom is 0.287 e. The molecular formula is C15H12N4O5S. The molecule has 0 radical (unpaired) electrons. The lowest BCUT2D eigenvalue weighted by atomic mass is 10.3. The third-order valence-corrected chi connectivity index (χ3v) is 3.78. The summed E-state index contributed by atoms with van der Waals surface area (Å²) in [6.45, 7) is 0.119. The highest BCUT2D eigenvalue weighted by molar-refractivity contribution is 7.99. The molecule has 0 amide bonds. The van der Waals surface area contributed by atoms with Crippen LogP contribution < -0.4 is 9.47 Å². The Hall–Kier alpha value is -3.14. The molecule has 0 spiro atoms. The Morgan fingerprint density at radius 1 is 1.16 bits per heavy atom. The summed E-state index contributed by atoms with van der Waals surface area (Å²) < 4.78 is 16.1. The Morgan fingerprint density at radius 3 is 2.56 bits per heavy atom. The van der Waals surface area contributed by atoms with Crippen molar-refractivity contribution in [3.63, 3.8) is 0 Å². The molecule has 10 heteroatoms. The summed E-state index contributed by atoms with van der Waals surface area (Å²) >= 11 is 1.11. The van der Waals surface area contributed by atoms with Gasteiger partial charge in [0.15, 0.2) is 6.61 Å². The molecule has 3 aromatic rings. The topological polar surface area (TPSA) is 113 Å². The first kappa shape index (κ1) is 16.7. The van der Waals surface area contributed by atoms with Gasteiger partial charge in [0.1, 0.15) is 22.7 Å². The van der Waals surface area contributed by atoms with Crippen LogP contribution in [0.2, 0.25) is 0 Å². The molecule has 2 heterocycles. The van der Waals surface area contributed by atoms with Crippen LogP contribution in [-0.4, -0.2) is 27.2 Å². The first-order valence-corrected chi connectivity index (χ1v) is 7.83. The van der Waals surface area contributed by atoms with E-state index in [1.165, 1.54) is 18.3 Å². The molecule has 1 aromatic carbocycles. The summed E-state index contributed by atoms with van der Waals surface area (Å²) in [6.07, 6.45) is 1.17. The van der Waals surface area contributed by atoms with Crippen LogP contribution in [0.5, 0.6) is 11.5 Å². The second-order valence-electron chi connectivity index (χ2n) is 4.64. The maximum atomic E-state index is 10.6. The highest BCUT2D eigenvalue weighted by Gasteiger charge is 2.11. The summed E-state index contributed by atoms with van der Waals surface area (Å²) in [5, 5.41) is 19.1. The van der Waals surface area contributed by atoms with E-state index in [1.54, 1.807) is 31.4 Å². The lowest BCUT2D eigenvalue weighted by molar-refractivity contribution is -0.385. The highest BCUT2D eigenvalue weighted by Crippen LogP contribution is 2.26. The maximum absolute atomic E-state index is 10.6. The first-order chi connectivity index (χ1) is 12.1.